The van der Waals surface area contributed by atoms with Gasteiger partial charge in [0.25, 0.3) is 0 Å². The third-order valence-electron chi connectivity index (χ3n) is 16.8. The maximum absolute atomic E-state index is 7.16. The third kappa shape index (κ3) is 10.3. The standard InChI is InChI=1S/C82H66N2O2/c1-81(2,3)63-29-19-31-69(49-63)83(65-41-33-57(34-42-65)55-21-11-7-12-22-55)67-45-37-61(38-46-67)77-53-75-73-52-72(60-27-17-10-18-28-60)80-76(74(73)51-71(79(75)85-77)59-25-15-9-16-26-59)54-78(86-80)62-39-47-68(48-40-62)84(70-32-20-30-64(50-70)82(4,5)6)66-43-35-58(36-44-66)56-23-13-8-14-24-56/h7-54H,1-6H3. The number of benzene rings is 12. The molecule has 2 aromatic heterocycles. The molecule has 0 atom stereocenters. The Kier molecular flexibility index (Phi) is 13.7. The van der Waals surface area contributed by atoms with Crippen LogP contribution >= 0.6 is 0 Å². The average Bonchev–Trinajstić information content (AvgIpc) is 2.51. The molecule has 0 spiro atoms. The van der Waals surface area contributed by atoms with Crippen LogP contribution in [0, 0.1) is 0 Å². The quantitative estimate of drug-likeness (QED) is 0.122. The van der Waals surface area contributed by atoms with Gasteiger partial charge in [0.2, 0.25) is 0 Å². The molecule has 0 aliphatic rings. The highest BCUT2D eigenvalue weighted by Crippen LogP contribution is 2.48. The molecule has 0 aliphatic carbocycles. The molecule has 0 unspecified atom stereocenters. The van der Waals surface area contributed by atoms with E-state index in [0.717, 1.165) is 112 Å². The molecule has 86 heavy (non-hydrogen) atoms. The van der Waals surface area contributed by atoms with E-state index in [1.165, 1.54) is 33.4 Å². The molecule has 14 aromatic rings. The SMILES string of the molecule is CC(C)(C)c1cccc(N(c2ccc(-c3ccccc3)cc2)c2ccc(-c3cc4c(o3)c(-c3ccccc3)cc3c5cc(-c6ccc(N(c7ccc(-c8ccccc8)cc7)c7cccc(C(C)(C)C)c7)cc6)oc5c(-c5ccccc5)cc43)cc2)c1. The monoisotopic (exact) mass is 1110 g/mol. The Morgan fingerprint density at radius 1 is 0.233 bits per heavy atom. The molecular formula is C82H66N2O2. The van der Waals surface area contributed by atoms with Crippen LogP contribution in [0.15, 0.2) is 300 Å². The van der Waals surface area contributed by atoms with Gasteiger partial charge in [-0.3, -0.25) is 0 Å². The van der Waals surface area contributed by atoms with Gasteiger partial charge < -0.3 is 18.6 Å². The zero-order valence-electron chi connectivity index (χ0n) is 49.4. The zero-order valence-corrected chi connectivity index (χ0v) is 49.4. The molecular weight excluding hydrogens is 1040 g/mol. The molecule has 4 nitrogen and oxygen atoms in total. The lowest BCUT2D eigenvalue weighted by Gasteiger charge is -2.28. The molecule has 0 radical (unpaired) electrons. The first-order chi connectivity index (χ1) is 41.9. The van der Waals surface area contributed by atoms with Crippen molar-refractivity contribution < 1.29 is 8.83 Å². The van der Waals surface area contributed by atoms with Gasteiger partial charge in [-0.15, -0.1) is 0 Å². The number of anilines is 6. The lowest BCUT2D eigenvalue weighted by molar-refractivity contribution is 0.590. The summed E-state index contributed by atoms with van der Waals surface area (Å²) in [6, 6.07) is 105. The topological polar surface area (TPSA) is 32.8 Å². The van der Waals surface area contributed by atoms with Crippen LogP contribution in [0.2, 0.25) is 0 Å². The van der Waals surface area contributed by atoms with Crippen LogP contribution in [0.5, 0.6) is 0 Å². The molecule has 2 heterocycles. The van der Waals surface area contributed by atoms with Crippen molar-refractivity contribution in [3.8, 4) is 67.2 Å². The summed E-state index contributed by atoms with van der Waals surface area (Å²) in [4.78, 5) is 4.70. The van der Waals surface area contributed by atoms with Crippen molar-refractivity contribution in [3.05, 3.63) is 302 Å². The number of hydrogen-bond acceptors (Lipinski definition) is 4. The summed E-state index contributed by atoms with van der Waals surface area (Å²) in [5.74, 6) is 1.59. The molecule has 0 aliphatic heterocycles. The number of furan rings is 2. The van der Waals surface area contributed by atoms with E-state index in [9.17, 15) is 0 Å². The Hall–Kier alpha value is -10.4. The van der Waals surface area contributed by atoms with Gasteiger partial charge in [0.1, 0.15) is 22.7 Å². The van der Waals surface area contributed by atoms with Crippen LogP contribution in [-0.4, -0.2) is 0 Å². The van der Waals surface area contributed by atoms with Gasteiger partial charge in [0.05, 0.1) is 0 Å². The zero-order chi connectivity index (χ0) is 58.5. The molecule has 0 fully saturated rings. The van der Waals surface area contributed by atoms with Crippen LogP contribution in [0.3, 0.4) is 0 Å². The molecule has 0 saturated carbocycles. The first-order valence-electron chi connectivity index (χ1n) is 29.8. The van der Waals surface area contributed by atoms with Gasteiger partial charge in [-0.2, -0.15) is 0 Å². The fourth-order valence-electron chi connectivity index (χ4n) is 12.1. The molecule has 0 N–H and O–H groups in total. The molecule has 416 valence electrons. The first kappa shape index (κ1) is 53.6. The summed E-state index contributed by atoms with van der Waals surface area (Å²) in [6.45, 7) is 13.6. The number of hydrogen-bond donors (Lipinski definition) is 0. The second kappa shape index (κ2) is 22.0. The highest BCUT2D eigenvalue weighted by atomic mass is 16.3. The second-order valence-electron chi connectivity index (χ2n) is 24.6. The largest absolute Gasteiger partial charge is 0.455 e. The lowest BCUT2D eigenvalue weighted by Crippen LogP contribution is -2.14. The highest BCUT2D eigenvalue weighted by molar-refractivity contribution is 6.23. The van der Waals surface area contributed by atoms with Crippen molar-refractivity contribution in [3.63, 3.8) is 0 Å². The van der Waals surface area contributed by atoms with Gasteiger partial charge in [-0.25, -0.2) is 0 Å². The minimum absolute atomic E-state index is 0.0196. The Morgan fingerprint density at radius 2 is 0.523 bits per heavy atom. The van der Waals surface area contributed by atoms with Crippen molar-refractivity contribution in [2.45, 2.75) is 52.4 Å². The summed E-state index contributed by atoms with van der Waals surface area (Å²) in [5, 5.41) is 4.27. The van der Waals surface area contributed by atoms with E-state index < -0.39 is 0 Å². The van der Waals surface area contributed by atoms with Crippen LogP contribution in [0.25, 0.3) is 99.9 Å². The van der Waals surface area contributed by atoms with E-state index in [4.69, 9.17) is 8.83 Å². The molecule has 12 aromatic carbocycles. The molecule has 14 rings (SSSR count). The van der Waals surface area contributed by atoms with Crippen LogP contribution in [0.1, 0.15) is 52.7 Å². The van der Waals surface area contributed by atoms with Gasteiger partial charge >= 0.3 is 0 Å². The summed E-state index contributed by atoms with van der Waals surface area (Å²) >= 11 is 0. The maximum Gasteiger partial charge on any atom is 0.143 e. The van der Waals surface area contributed by atoms with Crippen molar-refractivity contribution >= 4 is 66.8 Å². The first-order valence-corrected chi connectivity index (χ1v) is 29.8. The lowest BCUT2D eigenvalue weighted by atomic mass is 9.87. The van der Waals surface area contributed by atoms with Crippen LogP contribution in [0.4, 0.5) is 34.1 Å². The van der Waals surface area contributed by atoms with Crippen LogP contribution < -0.4 is 9.80 Å². The molecule has 0 amide bonds. The molecule has 4 heteroatoms. The third-order valence-corrected chi connectivity index (χ3v) is 16.8. The Bertz CT molecular complexity index is 4400. The Morgan fingerprint density at radius 3 is 0.837 bits per heavy atom. The minimum atomic E-state index is -0.0196. The van der Waals surface area contributed by atoms with Crippen molar-refractivity contribution in [1.29, 1.82) is 0 Å². The van der Waals surface area contributed by atoms with E-state index >= 15 is 0 Å². The van der Waals surface area contributed by atoms with Gasteiger partial charge in [0, 0.05) is 67.2 Å². The van der Waals surface area contributed by atoms with Gasteiger partial charge in [-0.05, 0) is 187 Å². The number of fused-ring (bicyclic) bond motifs is 5. The normalized spacial score (nSPS) is 11.8. The summed E-state index contributed by atoms with van der Waals surface area (Å²) in [6.07, 6.45) is 0. The fraction of sp³-hybridized carbons (Fsp3) is 0.0976. The number of nitrogens with zero attached hydrogens (tertiary/aromatic N) is 2. The Labute approximate surface area is 504 Å². The summed E-state index contributed by atoms with van der Waals surface area (Å²) in [7, 11) is 0. The smallest absolute Gasteiger partial charge is 0.143 e. The second-order valence-corrected chi connectivity index (χ2v) is 24.6. The summed E-state index contributed by atoms with van der Waals surface area (Å²) < 4.78 is 14.3. The van der Waals surface area contributed by atoms with Crippen molar-refractivity contribution in [1.82, 2.24) is 0 Å². The minimum Gasteiger partial charge on any atom is -0.455 e. The average molecular weight is 1110 g/mol. The number of rotatable bonds is 12. The van der Waals surface area contributed by atoms with Gasteiger partial charge in [-0.1, -0.05) is 211 Å². The van der Waals surface area contributed by atoms with Gasteiger partial charge in [0.15, 0.2) is 0 Å². The Balaban J connectivity index is 0.879. The highest BCUT2D eigenvalue weighted by Gasteiger charge is 2.24. The van der Waals surface area contributed by atoms with E-state index in [1.54, 1.807) is 0 Å². The van der Waals surface area contributed by atoms with E-state index in [2.05, 4.69) is 343 Å². The predicted octanol–water partition coefficient (Wildman–Crippen LogP) is 23.9. The summed E-state index contributed by atoms with van der Waals surface area (Å²) in [5.41, 5.74) is 21.6. The molecule has 0 bridgehead atoms. The van der Waals surface area contributed by atoms with Crippen LogP contribution in [-0.2, 0) is 10.8 Å². The van der Waals surface area contributed by atoms with E-state index in [1.807, 2.05) is 0 Å². The van der Waals surface area contributed by atoms with Crippen molar-refractivity contribution in [2.24, 2.45) is 0 Å². The maximum atomic E-state index is 7.16. The predicted molar refractivity (Wildman–Crippen MR) is 363 cm³/mol. The molecule has 0 saturated heterocycles. The fourth-order valence-corrected chi connectivity index (χ4v) is 12.1. The van der Waals surface area contributed by atoms with E-state index in [-0.39, 0.29) is 10.8 Å². The van der Waals surface area contributed by atoms with Crippen molar-refractivity contribution in [2.75, 3.05) is 9.80 Å². The van der Waals surface area contributed by atoms with E-state index in [0.29, 0.717) is 0 Å².